The number of H-pyrrole nitrogens is 1. The molecule has 1 aromatic carbocycles. The second kappa shape index (κ2) is 7.12. The van der Waals surface area contributed by atoms with E-state index >= 15 is 0 Å². The van der Waals surface area contributed by atoms with Crippen molar-refractivity contribution in [3.8, 4) is 11.4 Å². The largest absolute Gasteiger partial charge is 0.339 e. The summed E-state index contributed by atoms with van der Waals surface area (Å²) in [5, 5.41) is 7.25. The number of nitrogens with zero attached hydrogens (tertiary/aromatic N) is 3. The molecule has 1 fully saturated rings. The van der Waals surface area contributed by atoms with E-state index in [9.17, 15) is 9.18 Å². The number of nitrogens with one attached hydrogen (secondary N) is 1. The summed E-state index contributed by atoms with van der Waals surface area (Å²) in [6, 6.07) is 6.70. The molecule has 0 bridgehead atoms. The molecule has 0 spiro atoms. The number of amides is 1. The number of hydrogen-bond acceptors (Lipinski definition) is 4. The van der Waals surface area contributed by atoms with E-state index < -0.39 is 0 Å². The highest BCUT2D eigenvalue weighted by atomic mass is 32.2. The maximum absolute atomic E-state index is 13.7. The van der Waals surface area contributed by atoms with Crippen LogP contribution in [0.25, 0.3) is 11.4 Å². The summed E-state index contributed by atoms with van der Waals surface area (Å²) < 4.78 is 13.7. The summed E-state index contributed by atoms with van der Waals surface area (Å²) in [6.07, 6.45) is 3.32. The summed E-state index contributed by atoms with van der Waals surface area (Å²) in [4.78, 5) is 18.5. The first-order chi connectivity index (χ1) is 11.1. The SMILES string of the molecule is CC1CCCCN1C(=O)CSc1n[nH]c(-c2ccccc2F)n1. The van der Waals surface area contributed by atoms with Crippen LogP contribution in [0.4, 0.5) is 4.39 Å². The predicted molar refractivity (Wildman–Crippen MR) is 87.5 cm³/mol. The fraction of sp³-hybridized carbons (Fsp3) is 0.438. The number of carbonyl (C=O) groups excluding carboxylic acids is 1. The van der Waals surface area contributed by atoms with Crippen LogP contribution in [0.3, 0.4) is 0 Å². The molecule has 23 heavy (non-hydrogen) atoms. The number of benzene rings is 1. The molecule has 1 N–H and O–H groups in total. The summed E-state index contributed by atoms with van der Waals surface area (Å²) in [7, 11) is 0. The number of hydrogen-bond donors (Lipinski definition) is 1. The van der Waals surface area contributed by atoms with Crippen molar-refractivity contribution < 1.29 is 9.18 Å². The maximum atomic E-state index is 13.7. The number of aromatic amines is 1. The number of piperidine rings is 1. The van der Waals surface area contributed by atoms with Gasteiger partial charge in [0.1, 0.15) is 5.82 Å². The Labute approximate surface area is 138 Å². The Morgan fingerprint density at radius 2 is 2.26 bits per heavy atom. The third kappa shape index (κ3) is 3.72. The topological polar surface area (TPSA) is 61.9 Å². The van der Waals surface area contributed by atoms with E-state index in [-0.39, 0.29) is 11.7 Å². The highest BCUT2D eigenvalue weighted by molar-refractivity contribution is 7.99. The standard InChI is InChI=1S/C16H19FN4OS/c1-11-6-4-5-9-21(11)14(22)10-23-16-18-15(19-20-16)12-7-2-3-8-13(12)17/h2-3,7-8,11H,4-6,9-10H2,1H3,(H,18,19,20). The van der Waals surface area contributed by atoms with Crippen molar-refractivity contribution in [2.75, 3.05) is 12.3 Å². The van der Waals surface area contributed by atoms with Gasteiger partial charge in [-0.2, -0.15) is 0 Å². The Balaban J connectivity index is 1.61. The number of thioether (sulfide) groups is 1. The van der Waals surface area contributed by atoms with Crippen molar-refractivity contribution in [3.05, 3.63) is 30.1 Å². The van der Waals surface area contributed by atoms with Gasteiger partial charge in [-0.1, -0.05) is 23.9 Å². The lowest BCUT2D eigenvalue weighted by Gasteiger charge is -2.33. The summed E-state index contributed by atoms with van der Waals surface area (Å²) in [5.41, 5.74) is 0.378. The molecule has 3 rings (SSSR count). The zero-order valence-corrected chi connectivity index (χ0v) is 13.8. The third-order valence-corrected chi connectivity index (χ3v) is 4.87. The summed E-state index contributed by atoms with van der Waals surface area (Å²) >= 11 is 1.28. The molecule has 1 aliphatic heterocycles. The van der Waals surface area contributed by atoms with Gasteiger partial charge in [-0.05, 0) is 38.3 Å². The molecule has 2 heterocycles. The molecular weight excluding hydrogens is 315 g/mol. The minimum atomic E-state index is -0.349. The Kier molecular flexibility index (Phi) is 4.95. The van der Waals surface area contributed by atoms with Crippen LogP contribution in [-0.2, 0) is 4.79 Å². The molecule has 1 aromatic heterocycles. The van der Waals surface area contributed by atoms with Crippen molar-refractivity contribution in [2.24, 2.45) is 0 Å². The Bertz CT molecular complexity index is 690. The molecule has 5 nitrogen and oxygen atoms in total. The average molecular weight is 334 g/mol. The van der Waals surface area contributed by atoms with Gasteiger partial charge in [0.2, 0.25) is 11.1 Å². The minimum absolute atomic E-state index is 0.111. The molecule has 7 heteroatoms. The third-order valence-electron chi connectivity index (χ3n) is 4.04. The fourth-order valence-corrected chi connectivity index (χ4v) is 3.45. The molecule has 2 aromatic rings. The second-order valence-electron chi connectivity index (χ2n) is 5.67. The molecule has 1 unspecified atom stereocenters. The lowest BCUT2D eigenvalue weighted by molar-refractivity contribution is -0.131. The monoisotopic (exact) mass is 334 g/mol. The van der Waals surface area contributed by atoms with Crippen molar-refractivity contribution in [1.29, 1.82) is 0 Å². The van der Waals surface area contributed by atoms with E-state index in [0.717, 1.165) is 19.4 Å². The van der Waals surface area contributed by atoms with Gasteiger partial charge in [-0.25, -0.2) is 9.37 Å². The van der Waals surface area contributed by atoms with Crippen LogP contribution in [0.1, 0.15) is 26.2 Å². The number of rotatable bonds is 4. The number of carbonyl (C=O) groups is 1. The van der Waals surface area contributed by atoms with Gasteiger partial charge in [0.05, 0.1) is 11.3 Å². The van der Waals surface area contributed by atoms with Crippen LogP contribution in [0.15, 0.2) is 29.4 Å². The number of halogens is 1. The van der Waals surface area contributed by atoms with Gasteiger partial charge in [0.25, 0.3) is 0 Å². The lowest BCUT2D eigenvalue weighted by Crippen LogP contribution is -2.42. The quantitative estimate of drug-likeness (QED) is 0.873. The van der Waals surface area contributed by atoms with Gasteiger partial charge in [0, 0.05) is 12.6 Å². The zero-order chi connectivity index (χ0) is 16.2. The van der Waals surface area contributed by atoms with Gasteiger partial charge in [-0.15, -0.1) is 5.10 Å². The Morgan fingerprint density at radius 3 is 3.04 bits per heavy atom. The molecular formula is C16H19FN4OS. The van der Waals surface area contributed by atoms with E-state index in [0.29, 0.717) is 28.3 Å². The van der Waals surface area contributed by atoms with Crippen LogP contribution < -0.4 is 0 Å². The van der Waals surface area contributed by atoms with Gasteiger partial charge in [0.15, 0.2) is 5.82 Å². The number of likely N-dealkylation sites (tertiary alicyclic amines) is 1. The molecule has 1 aliphatic rings. The molecule has 0 aliphatic carbocycles. The van der Waals surface area contributed by atoms with E-state index in [1.54, 1.807) is 18.2 Å². The van der Waals surface area contributed by atoms with Crippen LogP contribution in [0.5, 0.6) is 0 Å². The van der Waals surface area contributed by atoms with Crippen LogP contribution >= 0.6 is 11.8 Å². The molecule has 0 radical (unpaired) electrons. The smallest absolute Gasteiger partial charge is 0.233 e. The van der Waals surface area contributed by atoms with E-state index in [1.807, 2.05) is 4.90 Å². The average Bonchev–Trinajstić information content (AvgIpc) is 3.02. The zero-order valence-electron chi connectivity index (χ0n) is 13.0. The lowest BCUT2D eigenvalue weighted by atomic mass is 10.0. The van der Waals surface area contributed by atoms with Crippen LogP contribution in [0, 0.1) is 5.82 Å². The van der Waals surface area contributed by atoms with E-state index in [4.69, 9.17) is 0 Å². The van der Waals surface area contributed by atoms with Crippen molar-refractivity contribution in [3.63, 3.8) is 0 Å². The minimum Gasteiger partial charge on any atom is -0.339 e. The van der Waals surface area contributed by atoms with Crippen molar-refractivity contribution in [2.45, 2.75) is 37.4 Å². The summed E-state index contributed by atoms with van der Waals surface area (Å²) in [5.74, 6) is 0.445. The highest BCUT2D eigenvalue weighted by Crippen LogP contribution is 2.23. The van der Waals surface area contributed by atoms with Gasteiger partial charge in [-0.3, -0.25) is 9.89 Å². The van der Waals surface area contributed by atoms with Crippen LogP contribution in [0.2, 0.25) is 0 Å². The van der Waals surface area contributed by atoms with E-state index in [1.165, 1.54) is 24.2 Å². The molecule has 1 saturated heterocycles. The number of aromatic nitrogens is 3. The molecule has 1 atom stereocenters. The van der Waals surface area contributed by atoms with Gasteiger partial charge >= 0.3 is 0 Å². The first-order valence-electron chi connectivity index (χ1n) is 7.74. The fourth-order valence-electron chi connectivity index (χ4n) is 2.76. The summed E-state index contributed by atoms with van der Waals surface area (Å²) in [6.45, 7) is 2.92. The maximum Gasteiger partial charge on any atom is 0.233 e. The predicted octanol–water partition coefficient (Wildman–Crippen LogP) is 3.10. The van der Waals surface area contributed by atoms with Crippen molar-refractivity contribution >= 4 is 17.7 Å². The first kappa shape index (κ1) is 16.0. The van der Waals surface area contributed by atoms with E-state index in [2.05, 4.69) is 22.1 Å². The normalized spacial score (nSPS) is 18.2. The highest BCUT2D eigenvalue weighted by Gasteiger charge is 2.23. The Hall–Kier alpha value is -1.89. The van der Waals surface area contributed by atoms with Crippen LogP contribution in [-0.4, -0.2) is 44.3 Å². The Morgan fingerprint density at radius 1 is 1.43 bits per heavy atom. The first-order valence-corrected chi connectivity index (χ1v) is 8.73. The van der Waals surface area contributed by atoms with Gasteiger partial charge < -0.3 is 4.90 Å². The molecule has 122 valence electrons. The second-order valence-corrected chi connectivity index (χ2v) is 6.61. The molecule has 1 amide bonds. The molecule has 0 saturated carbocycles. The van der Waals surface area contributed by atoms with Crippen molar-refractivity contribution in [1.82, 2.24) is 20.1 Å².